The number of hydrogen-bond donors (Lipinski definition) is 1. The van der Waals surface area contributed by atoms with Crippen molar-refractivity contribution in [3.05, 3.63) is 29.8 Å². The van der Waals surface area contributed by atoms with Gasteiger partial charge in [0.25, 0.3) is 0 Å². The Hall–Kier alpha value is -2.22. The van der Waals surface area contributed by atoms with Gasteiger partial charge in [-0.15, -0.1) is 0 Å². The number of nitrogens with one attached hydrogen (secondary N) is 1. The number of ether oxygens (including phenoxy) is 1. The van der Waals surface area contributed by atoms with Gasteiger partial charge in [0.2, 0.25) is 11.8 Å². The summed E-state index contributed by atoms with van der Waals surface area (Å²) < 4.78 is 28.4. The molecular formula is C15H19F2N3O3. The second-order valence-corrected chi connectivity index (χ2v) is 5.33. The molecule has 0 aliphatic carbocycles. The molecule has 2 amide bonds. The lowest BCUT2D eigenvalue weighted by Crippen LogP contribution is -2.50. The van der Waals surface area contributed by atoms with Crippen molar-refractivity contribution in [2.45, 2.75) is 13.2 Å². The number of carbonyl (C=O) groups is 2. The molecule has 126 valence electrons. The molecule has 8 heteroatoms. The van der Waals surface area contributed by atoms with E-state index >= 15 is 0 Å². The number of alkyl halides is 2. The lowest BCUT2D eigenvalue weighted by atomic mass is 10.2. The van der Waals surface area contributed by atoms with Crippen molar-refractivity contribution in [2.75, 3.05) is 33.2 Å². The third-order valence-corrected chi connectivity index (χ3v) is 3.47. The van der Waals surface area contributed by atoms with E-state index in [4.69, 9.17) is 0 Å². The van der Waals surface area contributed by atoms with Crippen LogP contribution in [0.4, 0.5) is 8.78 Å². The largest absolute Gasteiger partial charge is 0.435 e. The molecule has 0 radical (unpaired) electrons. The van der Waals surface area contributed by atoms with E-state index in [9.17, 15) is 18.4 Å². The van der Waals surface area contributed by atoms with Crippen molar-refractivity contribution in [2.24, 2.45) is 0 Å². The predicted octanol–water partition coefficient (Wildman–Crippen LogP) is 0.678. The third-order valence-electron chi connectivity index (χ3n) is 3.47. The summed E-state index contributed by atoms with van der Waals surface area (Å²) in [6, 6.07) is 6.15. The molecule has 6 nitrogen and oxygen atoms in total. The van der Waals surface area contributed by atoms with Crippen LogP contribution in [0.2, 0.25) is 0 Å². The molecule has 1 heterocycles. The van der Waals surface area contributed by atoms with Crippen molar-refractivity contribution < 1.29 is 23.1 Å². The summed E-state index contributed by atoms with van der Waals surface area (Å²) in [5.41, 5.74) is 0.804. The van der Waals surface area contributed by atoms with Crippen LogP contribution in [0.5, 0.6) is 5.75 Å². The second kappa shape index (κ2) is 7.87. The summed E-state index contributed by atoms with van der Waals surface area (Å²) in [6.45, 7) is -0.914. The maximum atomic E-state index is 12.2. The van der Waals surface area contributed by atoms with E-state index in [1.165, 1.54) is 17.0 Å². The molecule has 0 unspecified atom stereocenters. The second-order valence-electron chi connectivity index (χ2n) is 5.33. The summed E-state index contributed by atoms with van der Waals surface area (Å²) in [5.74, 6) is -0.106. The fraction of sp³-hybridized carbons (Fsp3) is 0.467. The first kappa shape index (κ1) is 17.1. The van der Waals surface area contributed by atoms with E-state index in [-0.39, 0.29) is 30.7 Å². The Morgan fingerprint density at radius 1 is 1.39 bits per heavy atom. The molecule has 1 saturated heterocycles. The molecule has 1 aromatic carbocycles. The Balaban J connectivity index is 1.84. The molecule has 0 saturated carbocycles. The quantitative estimate of drug-likeness (QED) is 0.835. The molecular weight excluding hydrogens is 308 g/mol. The van der Waals surface area contributed by atoms with Crippen LogP contribution in [0.1, 0.15) is 5.56 Å². The van der Waals surface area contributed by atoms with Crippen molar-refractivity contribution in [1.82, 2.24) is 15.1 Å². The highest BCUT2D eigenvalue weighted by atomic mass is 19.3. The Morgan fingerprint density at radius 2 is 2.09 bits per heavy atom. The number of benzene rings is 1. The van der Waals surface area contributed by atoms with Crippen LogP contribution < -0.4 is 10.1 Å². The number of carbonyl (C=O) groups excluding carboxylic acids is 2. The molecule has 2 rings (SSSR count). The monoisotopic (exact) mass is 327 g/mol. The maximum absolute atomic E-state index is 12.2. The number of halogens is 2. The molecule has 1 aromatic rings. The van der Waals surface area contributed by atoms with Crippen molar-refractivity contribution in [3.63, 3.8) is 0 Å². The Labute approximate surface area is 133 Å². The van der Waals surface area contributed by atoms with Crippen molar-refractivity contribution in [3.8, 4) is 5.75 Å². The standard InChI is InChI=1S/C15H19F2N3O3/c1-19(14(22)10-20-7-6-18-13(21)9-20)8-11-2-4-12(5-3-11)23-15(16)17/h2-5,15H,6-10H2,1H3,(H,18,21). The number of piperazine rings is 1. The molecule has 1 aliphatic rings. The molecule has 0 bridgehead atoms. The third kappa shape index (κ3) is 5.48. The van der Waals surface area contributed by atoms with Gasteiger partial charge < -0.3 is 15.0 Å². The lowest BCUT2D eigenvalue weighted by molar-refractivity contribution is -0.133. The van der Waals surface area contributed by atoms with E-state index in [1.807, 2.05) is 0 Å². The van der Waals surface area contributed by atoms with Gasteiger partial charge in [0, 0.05) is 26.7 Å². The predicted molar refractivity (Wildman–Crippen MR) is 79.0 cm³/mol. The van der Waals surface area contributed by atoms with Crippen molar-refractivity contribution in [1.29, 1.82) is 0 Å². The Kier molecular flexibility index (Phi) is 5.86. The zero-order chi connectivity index (χ0) is 16.8. The van der Waals surface area contributed by atoms with Gasteiger partial charge in [-0.2, -0.15) is 8.78 Å². The number of hydrogen-bond acceptors (Lipinski definition) is 4. The SMILES string of the molecule is CN(Cc1ccc(OC(F)F)cc1)C(=O)CN1CCNC(=O)C1. The molecule has 23 heavy (non-hydrogen) atoms. The van der Waals surface area contributed by atoms with Crippen LogP contribution in [0.3, 0.4) is 0 Å². The summed E-state index contributed by atoms with van der Waals surface area (Å²) in [6.07, 6.45) is 0. The summed E-state index contributed by atoms with van der Waals surface area (Å²) in [5, 5.41) is 2.70. The van der Waals surface area contributed by atoms with Gasteiger partial charge in [-0.25, -0.2) is 0 Å². The Bertz CT molecular complexity index is 551. The summed E-state index contributed by atoms with van der Waals surface area (Å²) in [7, 11) is 1.66. The van der Waals surface area contributed by atoms with E-state index in [2.05, 4.69) is 10.1 Å². The van der Waals surface area contributed by atoms with Gasteiger partial charge in [-0.1, -0.05) is 12.1 Å². The molecule has 0 spiro atoms. The van der Waals surface area contributed by atoms with Gasteiger partial charge in [-0.3, -0.25) is 14.5 Å². The van der Waals surface area contributed by atoms with Crippen LogP contribution in [0, 0.1) is 0 Å². The first-order valence-electron chi connectivity index (χ1n) is 7.21. The average molecular weight is 327 g/mol. The lowest BCUT2D eigenvalue weighted by Gasteiger charge is -2.28. The minimum atomic E-state index is -2.85. The minimum Gasteiger partial charge on any atom is -0.435 e. The number of rotatable bonds is 6. The van der Waals surface area contributed by atoms with Crippen LogP contribution >= 0.6 is 0 Å². The molecule has 0 atom stereocenters. The van der Waals surface area contributed by atoms with E-state index in [0.29, 0.717) is 19.6 Å². The molecule has 0 aromatic heterocycles. The highest BCUT2D eigenvalue weighted by Crippen LogP contribution is 2.15. The van der Waals surface area contributed by atoms with Crippen LogP contribution in [-0.2, 0) is 16.1 Å². The highest BCUT2D eigenvalue weighted by molar-refractivity contribution is 5.81. The summed E-state index contributed by atoms with van der Waals surface area (Å²) in [4.78, 5) is 26.8. The number of nitrogens with zero attached hydrogens (tertiary/aromatic N) is 2. The van der Waals surface area contributed by atoms with Gasteiger partial charge in [-0.05, 0) is 17.7 Å². The summed E-state index contributed by atoms with van der Waals surface area (Å²) >= 11 is 0. The first-order valence-corrected chi connectivity index (χ1v) is 7.21. The molecule has 1 fully saturated rings. The first-order chi connectivity index (χ1) is 10.9. The molecule has 1 N–H and O–H groups in total. The average Bonchev–Trinajstić information content (AvgIpc) is 2.48. The Morgan fingerprint density at radius 3 is 2.70 bits per heavy atom. The van der Waals surface area contributed by atoms with Gasteiger partial charge in [0.05, 0.1) is 13.1 Å². The fourth-order valence-corrected chi connectivity index (χ4v) is 2.28. The highest BCUT2D eigenvalue weighted by Gasteiger charge is 2.20. The van der Waals surface area contributed by atoms with Gasteiger partial charge in [0.15, 0.2) is 0 Å². The smallest absolute Gasteiger partial charge is 0.387 e. The van der Waals surface area contributed by atoms with Crippen LogP contribution in [-0.4, -0.2) is 61.5 Å². The number of amides is 2. The van der Waals surface area contributed by atoms with E-state index in [1.54, 1.807) is 24.1 Å². The van der Waals surface area contributed by atoms with E-state index in [0.717, 1.165) is 5.56 Å². The van der Waals surface area contributed by atoms with Gasteiger partial charge in [0.1, 0.15) is 5.75 Å². The zero-order valence-electron chi connectivity index (χ0n) is 12.8. The fourth-order valence-electron chi connectivity index (χ4n) is 2.28. The topological polar surface area (TPSA) is 61.9 Å². The van der Waals surface area contributed by atoms with Gasteiger partial charge >= 0.3 is 6.61 Å². The molecule has 1 aliphatic heterocycles. The zero-order valence-corrected chi connectivity index (χ0v) is 12.8. The maximum Gasteiger partial charge on any atom is 0.387 e. The van der Waals surface area contributed by atoms with E-state index < -0.39 is 6.61 Å². The van der Waals surface area contributed by atoms with Crippen LogP contribution in [0.15, 0.2) is 24.3 Å². The number of likely N-dealkylation sites (N-methyl/N-ethyl adjacent to an activating group) is 1. The van der Waals surface area contributed by atoms with Crippen LogP contribution in [0.25, 0.3) is 0 Å². The normalized spacial score (nSPS) is 15.4. The minimum absolute atomic E-state index is 0.0806. The van der Waals surface area contributed by atoms with Crippen molar-refractivity contribution >= 4 is 11.8 Å².